The van der Waals surface area contributed by atoms with Gasteiger partial charge >= 0.3 is 0 Å². The zero-order valence-corrected chi connectivity index (χ0v) is 22.0. The Hall–Kier alpha value is -3.31. The van der Waals surface area contributed by atoms with Gasteiger partial charge in [-0.15, -0.1) is 0 Å². The summed E-state index contributed by atoms with van der Waals surface area (Å²) < 4.78 is 36.1. The first kappa shape index (κ1) is 25.3. The van der Waals surface area contributed by atoms with Crippen LogP contribution < -0.4 is 9.64 Å². The monoisotopic (exact) mass is 537 g/mol. The Morgan fingerprint density at radius 2 is 1.73 bits per heavy atom. The number of nitrogens with zero attached hydrogens (tertiary/aromatic N) is 3. The summed E-state index contributed by atoms with van der Waals surface area (Å²) in [6, 6.07) is 21.4. The van der Waals surface area contributed by atoms with Crippen LogP contribution in [0.2, 0.25) is 0 Å². The summed E-state index contributed by atoms with van der Waals surface area (Å²) in [6.45, 7) is 4.09. The van der Waals surface area contributed by atoms with Crippen LogP contribution in [0.25, 0.3) is 10.2 Å². The van der Waals surface area contributed by atoms with Crippen molar-refractivity contribution in [3.63, 3.8) is 0 Å². The number of amides is 1. The van der Waals surface area contributed by atoms with Crippen molar-refractivity contribution >= 4 is 42.4 Å². The number of carbonyl (C=O) groups is 1. The summed E-state index contributed by atoms with van der Waals surface area (Å²) in [4.78, 5) is 22.5. The highest BCUT2D eigenvalue weighted by Gasteiger charge is 2.23. The fraction of sp³-hybridized carbons (Fsp3) is 0.259. The lowest BCUT2D eigenvalue weighted by atomic mass is 10.2. The number of hydrogen-bond acceptors (Lipinski definition) is 8. The van der Waals surface area contributed by atoms with Crippen molar-refractivity contribution in [3.05, 3.63) is 78.4 Å². The van der Waals surface area contributed by atoms with Crippen molar-refractivity contribution in [2.45, 2.75) is 4.90 Å². The molecule has 0 N–H and O–H groups in total. The minimum absolute atomic E-state index is 0.179. The molecule has 10 heteroatoms. The van der Waals surface area contributed by atoms with Crippen molar-refractivity contribution in [1.82, 2.24) is 9.88 Å². The van der Waals surface area contributed by atoms with Crippen LogP contribution in [-0.2, 0) is 14.6 Å². The second-order valence-electron chi connectivity index (χ2n) is 8.75. The molecule has 0 unspecified atom stereocenters. The summed E-state index contributed by atoms with van der Waals surface area (Å²) in [5.41, 5.74) is 1.17. The molecule has 1 saturated heterocycles. The van der Waals surface area contributed by atoms with E-state index >= 15 is 0 Å². The molecule has 1 aliphatic heterocycles. The summed E-state index contributed by atoms with van der Waals surface area (Å²) in [5, 5.41) is 0.531. The first-order chi connectivity index (χ1) is 17.9. The maximum atomic E-state index is 13.7. The summed E-state index contributed by atoms with van der Waals surface area (Å²) in [5.74, 6) is 1.18. The molecule has 1 fully saturated rings. The Morgan fingerprint density at radius 3 is 2.43 bits per heavy atom. The van der Waals surface area contributed by atoms with Gasteiger partial charge in [-0.1, -0.05) is 29.5 Å². The molecule has 0 aliphatic carbocycles. The number of carbonyl (C=O) groups excluding carboxylic acids is 1. The molecule has 0 radical (unpaired) electrons. The minimum Gasteiger partial charge on any atom is -0.457 e. The molecule has 37 heavy (non-hydrogen) atoms. The molecule has 0 atom stereocenters. The van der Waals surface area contributed by atoms with Gasteiger partial charge in [0.05, 0.1) is 28.3 Å². The number of para-hydroxylation sites is 1. The van der Waals surface area contributed by atoms with Crippen LogP contribution in [0, 0.1) is 0 Å². The predicted octanol–water partition coefficient (Wildman–Crippen LogP) is 4.47. The standard InChI is InChI=1S/C27H27N3O5S2/c1-37(32,33)23-11-12-24-25(19-23)36-27(28-24)30(14-13-29-15-17-34-18-16-29)26(31)20-7-9-22(10-8-20)35-21-5-3-2-4-6-21/h2-12,19H,13-18H2,1H3. The van der Waals surface area contributed by atoms with E-state index in [0.29, 0.717) is 53.0 Å². The lowest BCUT2D eigenvalue weighted by Crippen LogP contribution is -2.43. The second kappa shape index (κ2) is 11.0. The zero-order valence-electron chi connectivity index (χ0n) is 20.4. The number of benzene rings is 3. The SMILES string of the molecule is CS(=O)(=O)c1ccc2nc(N(CCN3CCOCC3)C(=O)c3ccc(Oc4ccccc4)cc3)sc2c1. The fourth-order valence-corrected chi connectivity index (χ4v) is 5.79. The normalized spacial score (nSPS) is 14.5. The highest BCUT2D eigenvalue weighted by Crippen LogP contribution is 2.32. The number of thiazole rings is 1. The van der Waals surface area contributed by atoms with E-state index in [1.165, 1.54) is 17.6 Å². The Morgan fingerprint density at radius 1 is 1.03 bits per heavy atom. The maximum absolute atomic E-state index is 13.7. The van der Waals surface area contributed by atoms with Gasteiger partial charge in [0, 0.05) is 38.0 Å². The van der Waals surface area contributed by atoms with Gasteiger partial charge in [0.1, 0.15) is 11.5 Å². The van der Waals surface area contributed by atoms with Crippen LogP contribution in [-0.4, -0.2) is 69.9 Å². The van der Waals surface area contributed by atoms with Gasteiger partial charge in [0.2, 0.25) is 0 Å². The summed E-state index contributed by atoms with van der Waals surface area (Å²) in [7, 11) is -3.35. The number of fused-ring (bicyclic) bond motifs is 1. The first-order valence-corrected chi connectivity index (χ1v) is 14.6. The van der Waals surface area contributed by atoms with E-state index in [-0.39, 0.29) is 10.8 Å². The molecule has 5 rings (SSSR count). The van der Waals surface area contributed by atoms with E-state index in [9.17, 15) is 13.2 Å². The van der Waals surface area contributed by atoms with E-state index in [4.69, 9.17) is 9.47 Å². The number of sulfone groups is 1. The molecule has 0 saturated carbocycles. The molecule has 0 spiro atoms. The maximum Gasteiger partial charge on any atom is 0.260 e. The predicted molar refractivity (Wildman–Crippen MR) is 145 cm³/mol. The molecule has 4 aromatic rings. The molecule has 0 bridgehead atoms. The average molecular weight is 538 g/mol. The molecule has 192 valence electrons. The molecular weight excluding hydrogens is 510 g/mol. The van der Waals surface area contributed by atoms with Gasteiger partial charge in [-0.05, 0) is 54.6 Å². The number of rotatable bonds is 8. The van der Waals surface area contributed by atoms with Crippen molar-refractivity contribution in [3.8, 4) is 11.5 Å². The quantitative estimate of drug-likeness (QED) is 0.328. The smallest absolute Gasteiger partial charge is 0.260 e. The topological polar surface area (TPSA) is 89.0 Å². The van der Waals surface area contributed by atoms with Gasteiger partial charge in [-0.25, -0.2) is 13.4 Å². The van der Waals surface area contributed by atoms with Crippen LogP contribution in [0.15, 0.2) is 77.7 Å². The molecule has 8 nitrogen and oxygen atoms in total. The summed E-state index contributed by atoms with van der Waals surface area (Å²) >= 11 is 1.31. The van der Waals surface area contributed by atoms with Crippen molar-refractivity contribution in [1.29, 1.82) is 0 Å². The molecule has 1 aromatic heterocycles. The number of hydrogen-bond donors (Lipinski definition) is 0. The van der Waals surface area contributed by atoms with Crippen molar-refractivity contribution in [2.75, 3.05) is 50.5 Å². The Bertz CT molecular complexity index is 1480. The van der Waals surface area contributed by atoms with Crippen LogP contribution in [0.4, 0.5) is 5.13 Å². The largest absolute Gasteiger partial charge is 0.457 e. The summed E-state index contributed by atoms with van der Waals surface area (Å²) in [6.07, 6.45) is 1.18. The van der Waals surface area contributed by atoms with Crippen LogP contribution in [0.1, 0.15) is 10.4 Å². The number of anilines is 1. The Balaban J connectivity index is 1.41. The molecule has 3 aromatic carbocycles. The van der Waals surface area contributed by atoms with Gasteiger partial charge in [0.15, 0.2) is 15.0 Å². The lowest BCUT2D eigenvalue weighted by molar-refractivity contribution is 0.0391. The number of morpholine rings is 1. The first-order valence-electron chi connectivity index (χ1n) is 11.9. The molecule has 1 amide bonds. The lowest BCUT2D eigenvalue weighted by Gasteiger charge is -2.29. The molecule has 1 aliphatic rings. The van der Waals surface area contributed by atoms with E-state index in [1.54, 1.807) is 47.4 Å². The van der Waals surface area contributed by atoms with Gasteiger partial charge in [0.25, 0.3) is 5.91 Å². The van der Waals surface area contributed by atoms with Gasteiger partial charge in [-0.3, -0.25) is 14.6 Å². The second-order valence-corrected chi connectivity index (χ2v) is 11.8. The van der Waals surface area contributed by atoms with Crippen LogP contribution in [0.3, 0.4) is 0 Å². The third-order valence-electron chi connectivity index (χ3n) is 6.08. The Kier molecular flexibility index (Phi) is 7.52. The third kappa shape index (κ3) is 6.16. The van der Waals surface area contributed by atoms with E-state index in [1.807, 2.05) is 30.3 Å². The number of aromatic nitrogens is 1. The van der Waals surface area contributed by atoms with Crippen LogP contribution in [0.5, 0.6) is 11.5 Å². The highest BCUT2D eigenvalue weighted by atomic mass is 32.2. The van der Waals surface area contributed by atoms with Gasteiger partial charge in [-0.2, -0.15) is 0 Å². The number of ether oxygens (including phenoxy) is 2. The molecular formula is C27H27N3O5S2. The molecule has 2 heterocycles. The van der Waals surface area contributed by atoms with E-state index < -0.39 is 9.84 Å². The van der Waals surface area contributed by atoms with Crippen molar-refractivity contribution in [2.24, 2.45) is 0 Å². The van der Waals surface area contributed by atoms with Crippen molar-refractivity contribution < 1.29 is 22.7 Å². The third-order valence-corrected chi connectivity index (χ3v) is 8.23. The average Bonchev–Trinajstić information content (AvgIpc) is 3.33. The fourth-order valence-electron chi connectivity index (χ4n) is 4.04. The minimum atomic E-state index is -3.35. The van der Waals surface area contributed by atoms with Crippen LogP contribution >= 0.6 is 11.3 Å². The highest BCUT2D eigenvalue weighted by molar-refractivity contribution is 7.90. The zero-order chi connectivity index (χ0) is 25.8. The van der Waals surface area contributed by atoms with Gasteiger partial charge < -0.3 is 9.47 Å². The van der Waals surface area contributed by atoms with E-state index in [0.717, 1.165) is 18.8 Å². The Labute approximate surface area is 220 Å². The van der Waals surface area contributed by atoms with E-state index in [2.05, 4.69) is 9.88 Å².